The first kappa shape index (κ1) is 17.6. The molecule has 0 radical (unpaired) electrons. The Kier molecular flexibility index (Phi) is 4.63. The van der Waals surface area contributed by atoms with Crippen molar-refractivity contribution in [3.05, 3.63) is 95.1 Å². The molecule has 2 N–H and O–H groups in total. The van der Waals surface area contributed by atoms with E-state index < -0.39 is 0 Å². The van der Waals surface area contributed by atoms with Gasteiger partial charge in [0, 0.05) is 11.0 Å². The molecule has 0 amide bonds. The van der Waals surface area contributed by atoms with Gasteiger partial charge in [-0.2, -0.15) is 0 Å². The molecule has 0 fully saturated rings. The zero-order chi connectivity index (χ0) is 18.9. The number of rotatable bonds is 5. The summed E-state index contributed by atoms with van der Waals surface area (Å²) in [4.78, 5) is 0. The van der Waals surface area contributed by atoms with Crippen molar-refractivity contribution in [2.45, 2.75) is 31.9 Å². The van der Waals surface area contributed by atoms with Crippen LogP contribution in [-0.2, 0) is 12.0 Å². The van der Waals surface area contributed by atoms with E-state index in [0.29, 0.717) is 13.2 Å². The fourth-order valence-electron chi connectivity index (χ4n) is 3.45. The second kappa shape index (κ2) is 7.09. The smallest absolute Gasteiger partial charge is 0.123 e. The van der Waals surface area contributed by atoms with Crippen molar-refractivity contribution in [3.63, 3.8) is 0 Å². The lowest BCUT2D eigenvalue weighted by atomic mass is 9.86. The molecule has 1 heterocycles. The largest absolute Gasteiger partial charge is 0.492 e. The van der Waals surface area contributed by atoms with Crippen molar-refractivity contribution in [2.75, 3.05) is 6.61 Å². The first-order chi connectivity index (χ1) is 13.0. The second-order valence-electron chi connectivity index (χ2n) is 7.75. The Morgan fingerprint density at radius 3 is 2.41 bits per heavy atom. The van der Waals surface area contributed by atoms with Crippen LogP contribution in [0.3, 0.4) is 0 Å². The Hall–Kier alpha value is -2.78. The van der Waals surface area contributed by atoms with Crippen LogP contribution < -0.4 is 15.2 Å². The fraction of sp³-hybridized carbons (Fsp3) is 0.250. The molecule has 0 spiro atoms. The van der Waals surface area contributed by atoms with Crippen LogP contribution in [0.15, 0.2) is 72.8 Å². The molecule has 1 atom stereocenters. The van der Waals surface area contributed by atoms with Gasteiger partial charge in [-0.3, -0.25) is 0 Å². The van der Waals surface area contributed by atoms with E-state index in [9.17, 15) is 0 Å². The summed E-state index contributed by atoms with van der Waals surface area (Å²) in [7, 11) is 0. The van der Waals surface area contributed by atoms with E-state index in [0.717, 1.165) is 28.2 Å². The maximum absolute atomic E-state index is 6.50. The summed E-state index contributed by atoms with van der Waals surface area (Å²) in [6, 6.07) is 24.3. The van der Waals surface area contributed by atoms with E-state index in [1.165, 1.54) is 5.56 Å². The standard InChI is InChI=1S/C24H25NO2/c1-24(2)16-27-22-14-19(10-13-21(22)24)23(25)18-8-11-20(12-9-18)26-15-17-6-4-3-5-7-17/h3-14,23H,15-16,25H2,1-2H3. The van der Waals surface area contributed by atoms with Gasteiger partial charge in [-0.05, 0) is 34.9 Å². The van der Waals surface area contributed by atoms with E-state index in [1.807, 2.05) is 42.5 Å². The number of fused-ring (bicyclic) bond motifs is 1. The van der Waals surface area contributed by atoms with Crippen molar-refractivity contribution >= 4 is 0 Å². The van der Waals surface area contributed by atoms with Gasteiger partial charge in [0.1, 0.15) is 18.1 Å². The van der Waals surface area contributed by atoms with E-state index in [4.69, 9.17) is 15.2 Å². The van der Waals surface area contributed by atoms with Gasteiger partial charge in [0.15, 0.2) is 0 Å². The Bertz CT molecular complexity index is 917. The molecule has 3 nitrogen and oxygen atoms in total. The van der Waals surface area contributed by atoms with Crippen LogP contribution in [0.2, 0.25) is 0 Å². The molecule has 0 saturated carbocycles. The summed E-state index contributed by atoms with van der Waals surface area (Å²) in [5.74, 6) is 1.80. The number of hydrogen-bond acceptors (Lipinski definition) is 3. The molecule has 3 aromatic carbocycles. The maximum atomic E-state index is 6.50. The summed E-state index contributed by atoms with van der Waals surface area (Å²) >= 11 is 0. The highest BCUT2D eigenvalue weighted by Gasteiger charge is 2.32. The van der Waals surface area contributed by atoms with Crippen LogP contribution in [0.25, 0.3) is 0 Å². The summed E-state index contributed by atoms with van der Waals surface area (Å²) in [6.45, 7) is 5.68. The lowest BCUT2D eigenvalue weighted by Gasteiger charge is -2.17. The second-order valence-corrected chi connectivity index (χ2v) is 7.75. The van der Waals surface area contributed by atoms with Crippen LogP contribution in [0, 0.1) is 0 Å². The first-order valence-electron chi connectivity index (χ1n) is 9.32. The molecule has 0 aromatic heterocycles. The SMILES string of the molecule is CC1(C)COc2cc(C(N)c3ccc(OCc4ccccc4)cc3)ccc21. The van der Waals surface area contributed by atoms with Gasteiger partial charge in [-0.1, -0.05) is 68.4 Å². The first-order valence-corrected chi connectivity index (χ1v) is 9.32. The molecular weight excluding hydrogens is 334 g/mol. The van der Waals surface area contributed by atoms with Gasteiger partial charge in [0.25, 0.3) is 0 Å². The van der Waals surface area contributed by atoms with Gasteiger partial charge >= 0.3 is 0 Å². The van der Waals surface area contributed by atoms with Crippen molar-refractivity contribution in [1.29, 1.82) is 0 Å². The molecule has 138 valence electrons. The van der Waals surface area contributed by atoms with E-state index in [-0.39, 0.29) is 11.5 Å². The van der Waals surface area contributed by atoms with Crippen molar-refractivity contribution in [3.8, 4) is 11.5 Å². The normalized spacial score (nSPS) is 15.7. The minimum atomic E-state index is -0.189. The Labute approximate surface area is 160 Å². The number of hydrogen-bond donors (Lipinski definition) is 1. The molecule has 1 unspecified atom stereocenters. The highest BCUT2D eigenvalue weighted by molar-refractivity contribution is 5.47. The number of benzene rings is 3. The Balaban J connectivity index is 1.46. The van der Waals surface area contributed by atoms with Gasteiger partial charge in [-0.15, -0.1) is 0 Å². The van der Waals surface area contributed by atoms with E-state index in [1.54, 1.807) is 0 Å². The van der Waals surface area contributed by atoms with Gasteiger partial charge < -0.3 is 15.2 Å². The minimum absolute atomic E-state index is 0.0652. The average molecular weight is 359 g/mol. The summed E-state index contributed by atoms with van der Waals surface area (Å²) in [5, 5.41) is 0. The van der Waals surface area contributed by atoms with Crippen LogP contribution in [0.1, 0.15) is 42.1 Å². The molecule has 3 aromatic rings. The van der Waals surface area contributed by atoms with Crippen LogP contribution >= 0.6 is 0 Å². The lowest BCUT2D eigenvalue weighted by Crippen LogP contribution is -2.18. The molecule has 4 rings (SSSR count). The minimum Gasteiger partial charge on any atom is -0.492 e. The zero-order valence-electron chi connectivity index (χ0n) is 15.8. The summed E-state index contributed by atoms with van der Waals surface area (Å²) in [6.07, 6.45) is 0. The van der Waals surface area contributed by atoms with Crippen LogP contribution in [0.4, 0.5) is 0 Å². The molecule has 3 heteroatoms. The average Bonchev–Trinajstić information content (AvgIpc) is 3.01. The summed E-state index contributed by atoms with van der Waals surface area (Å²) in [5.41, 5.74) is 11.1. The third kappa shape index (κ3) is 3.69. The van der Waals surface area contributed by atoms with E-state index in [2.05, 4.69) is 44.2 Å². The Morgan fingerprint density at radius 2 is 1.67 bits per heavy atom. The van der Waals surface area contributed by atoms with Gasteiger partial charge in [0.05, 0.1) is 12.6 Å². The fourth-order valence-corrected chi connectivity index (χ4v) is 3.45. The van der Waals surface area contributed by atoms with Gasteiger partial charge in [0.2, 0.25) is 0 Å². The van der Waals surface area contributed by atoms with Gasteiger partial charge in [-0.25, -0.2) is 0 Å². The monoisotopic (exact) mass is 359 g/mol. The Morgan fingerprint density at radius 1 is 0.963 bits per heavy atom. The molecule has 0 aliphatic carbocycles. The molecule has 1 aliphatic heterocycles. The predicted octanol–water partition coefficient (Wildman–Crippen LogP) is 4.98. The van der Waals surface area contributed by atoms with Crippen molar-refractivity contribution < 1.29 is 9.47 Å². The highest BCUT2D eigenvalue weighted by atomic mass is 16.5. The number of nitrogens with two attached hydrogens (primary N) is 1. The highest BCUT2D eigenvalue weighted by Crippen LogP contribution is 2.40. The number of ether oxygens (including phenoxy) is 2. The molecule has 0 bridgehead atoms. The third-order valence-corrected chi connectivity index (χ3v) is 5.17. The molecule has 1 aliphatic rings. The maximum Gasteiger partial charge on any atom is 0.123 e. The summed E-state index contributed by atoms with van der Waals surface area (Å²) < 4.78 is 11.7. The lowest BCUT2D eigenvalue weighted by molar-refractivity contribution is 0.291. The van der Waals surface area contributed by atoms with E-state index >= 15 is 0 Å². The van der Waals surface area contributed by atoms with Crippen molar-refractivity contribution in [2.24, 2.45) is 5.73 Å². The topological polar surface area (TPSA) is 44.5 Å². The van der Waals surface area contributed by atoms with Crippen LogP contribution in [-0.4, -0.2) is 6.61 Å². The molecular formula is C24H25NO2. The quantitative estimate of drug-likeness (QED) is 0.698. The third-order valence-electron chi connectivity index (χ3n) is 5.17. The zero-order valence-corrected chi connectivity index (χ0v) is 15.8. The molecule has 0 saturated heterocycles. The molecule has 27 heavy (non-hydrogen) atoms. The van der Waals surface area contributed by atoms with Crippen molar-refractivity contribution in [1.82, 2.24) is 0 Å². The van der Waals surface area contributed by atoms with Crippen LogP contribution in [0.5, 0.6) is 11.5 Å². The predicted molar refractivity (Wildman–Crippen MR) is 108 cm³/mol.